The molecule has 0 unspecified atom stereocenters. The summed E-state index contributed by atoms with van der Waals surface area (Å²) in [5.74, 6) is 0. The first kappa shape index (κ1) is 16.6. The van der Waals surface area contributed by atoms with Gasteiger partial charge in [0.15, 0.2) is 0 Å². The van der Waals surface area contributed by atoms with Crippen molar-refractivity contribution in [2.75, 3.05) is 41.5 Å². The number of benzene rings is 2. The minimum atomic E-state index is -3.65. The topological polar surface area (TPSA) is 87.5 Å². The van der Waals surface area contributed by atoms with E-state index in [1.54, 1.807) is 42.5 Å². The number of nitrogens with two attached hydrogens (primary N) is 1. The standard InChI is InChI=1S/C17H22N4O2S/c18-16-8-7-14(21-11-4-9-19-10-12-21)13-17(16)20-24(22,23)15-5-2-1-3-6-15/h1-3,5-8,13,19-20H,4,9-12,18H2. The third-order valence-electron chi connectivity index (χ3n) is 4.04. The fourth-order valence-corrected chi connectivity index (χ4v) is 3.84. The molecule has 0 amide bonds. The third-order valence-corrected chi connectivity index (χ3v) is 5.42. The van der Waals surface area contributed by atoms with E-state index in [-0.39, 0.29) is 4.90 Å². The zero-order valence-corrected chi connectivity index (χ0v) is 14.2. The SMILES string of the molecule is Nc1ccc(N2CCCNCC2)cc1NS(=O)(=O)c1ccccc1. The summed E-state index contributed by atoms with van der Waals surface area (Å²) in [6.45, 7) is 3.73. The van der Waals surface area contributed by atoms with Crippen molar-refractivity contribution in [3.05, 3.63) is 48.5 Å². The smallest absolute Gasteiger partial charge is 0.261 e. The molecule has 2 aromatic rings. The molecule has 0 atom stereocenters. The van der Waals surface area contributed by atoms with E-state index in [9.17, 15) is 8.42 Å². The van der Waals surface area contributed by atoms with Crippen molar-refractivity contribution in [1.29, 1.82) is 0 Å². The Hall–Kier alpha value is -2.25. The van der Waals surface area contributed by atoms with Gasteiger partial charge in [0.2, 0.25) is 0 Å². The van der Waals surface area contributed by atoms with Crippen molar-refractivity contribution in [3.8, 4) is 0 Å². The molecule has 0 saturated carbocycles. The van der Waals surface area contributed by atoms with Crippen molar-refractivity contribution in [2.45, 2.75) is 11.3 Å². The van der Waals surface area contributed by atoms with Crippen LogP contribution < -0.4 is 20.7 Å². The molecule has 1 aliphatic heterocycles. The van der Waals surface area contributed by atoms with Crippen LogP contribution in [0.1, 0.15) is 6.42 Å². The van der Waals surface area contributed by atoms with Crippen LogP contribution in [0, 0.1) is 0 Å². The zero-order chi connectivity index (χ0) is 17.0. The second-order valence-electron chi connectivity index (χ2n) is 5.78. The maximum absolute atomic E-state index is 12.5. The summed E-state index contributed by atoms with van der Waals surface area (Å²) in [7, 11) is -3.65. The van der Waals surface area contributed by atoms with Crippen molar-refractivity contribution in [3.63, 3.8) is 0 Å². The molecular formula is C17H22N4O2S. The lowest BCUT2D eigenvalue weighted by molar-refractivity contribution is 0.601. The monoisotopic (exact) mass is 346 g/mol. The Labute approximate surface area is 142 Å². The Kier molecular flexibility index (Phi) is 4.92. The van der Waals surface area contributed by atoms with Gasteiger partial charge in [-0.1, -0.05) is 18.2 Å². The highest BCUT2D eigenvalue weighted by Crippen LogP contribution is 2.28. The molecule has 0 radical (unpaired) electrons. The van der Waals surface area contributed by atoms with Crippen molar-refractivity contribution < 1.29 is 8.42 Å². The summed E-state index contributed by atoms with van der Waals surface area (Å²) in [6, 6.07) is 13.8. The maximum atomic E-state index is 12.5. The lowest BCUT2D eigenvalue weighted by Gasteiger charge is -2.23. The number of sulfonamides is 1. The minimum Gasteiger partial charge on any atom is -0.397 e. The molecule has 1 aliphatic rings. The van der Waals surface area contributed by atoms with Gasteiger partial charge in [-0.3, -0.25) is 4.72 Å². The molecule has 1 fully saturated rings. The van der Waals surface area contributed by atoms with E-state index >= 15 is 0 Å². The lowest BCUT2D eigenvalue weighted by atomic mass is 10.2. The predicted octanol–water partition coefficient (Wildman–Crippen LogP) is 1.87. The summed E-state index contributed by atoms with van der Waals surface area (Å²) in [5, 5.41) is 3.35. The fraction of sp³-hybridized carbons (Fsp3) is 0.294. The molecular weight excluding hydrogens is 324 g/mol. The summed E-state index contributed by atoms with van der Waals surface area (Å²) < 4.78 is 27.6. The van der Waals surface area contributed by atoms with Crippen LogP contribution in [0.3, 0.4) is 0 Å². The predicted molar refractivity (Wildman–Crippen MR) is 97.8 cm³/mol. The zero-order valence-electron chi connectivity index (χ0n) is 13.4. The van der Waals surface area contributed by atoms with Crippen molar-refractivity contribution >= 4 is 27.1 Å². The second-order valence-corrected chi connectivity index (χ2v) is 7.46. The summed E-state index contributed by atoms with van der Waals surface area (Å²) in [5.41, 5.74) is 7.77. The fourth-order valence-electron chi connectivity index (χ4n) is 2.74. The van der Waals surface area contributed by atoms with Crippen LogP contribution in [-0.2, 0) is 10.0 Å². The molecule has 128 valence electrons. The first-order valence-electron chi connectivity index (χ1n) is 7.99. The van der Waals surface area contributed by atoms with Crippen LogP contribution in [0.25, 0.3) is 0 Å². The van der Waals surface area contributed by atoms with Gasteiger partial charge in [-0.15, -0.1) is 0 Å². The second kappa shape index (κ2) is 7.11. The number of anilines is 3. The van der Waals surface area contributed by atoms with Crippen molar-refractivity contribution in [1.82, 2.24) is 5.32 Å². The van der Waals surface area contributed by atoms with Gasteiger partial charge in [0, 0.05) is 25.3 Å². The number of nitrogens with zero attached hydrogens (tertiary/aromatic N) is 1. The first-order valence-corrected chi connectivity index (χ1v) is 9.48. The van der Waals surface area contributed by atoms with Gasteiger partial charge in [-0.05, 0) is 43.3 Å². The van der Waals surface area contributed by atoms with Crippen LogP contribution in [-0.4, -0.2) is 34.6 Å². The Morgan fingerprint density at radius 2 is 1.83 bits per heavy atom. The van der Waals surface area contributed by atoms with E-state index in [4.69, 9.17) is 5.73 Å². The molecule has 4 N–H and O–H groups in total. The van der Waals surface area contributed by atoms with E-state index in [1.165, 1.54) is 0 Å². The molecule has 7 heteroatoms. The van der Waals surface area contributed by atoms with Gasteiger partial charge in [-0.2, -0.15) is 0 Å². The summed E-state index contributed by atoms with van der Waals surface area (Å²) in [4.78, 5) is 2.45. The molecule has 3 rings (SSSR count). The van der Waals surface area contributed by atoms with E-state index in [0.717, 1.165) is 38.3 Å². The van der Waals surface area contributed by atoms with Gasteiger partial charge in [0.25, 0.3) is 10.0 Å². The van der Waals surface area contributed by atoms with Crippen LogP contribution in [0.4, 0.5) is 17.1 Å². The van der Waals surface area contributed by atoms with Gasteiger partial charge >= 0.3 is 0 Å². The number of hydrogen-bond donors (Lipinski definition) is 3. The highest BCUT2D eigenvalue weighted by Gasteiger charge is 2.17. The number of hydrogen-bond acceptors (Lipinski definition) is 5. The van der Waals surface area contributed by atoms with E-state index < -0.39 is 10.0 Å². The third kappa shape index (κ3) is 3.80. The summed E-state index contributed by atoms with van der Waals surface area (Å²) >= 11 is 0. The number of rotatable bonds is 4. The van der Waals surface area contributed by atoms with E-state index in [2.05, 4.69) is 14.9 Å². The molecule has 0 aromatic heterocycles. The Morgan fingerprint density at radius 3 is 2.62 bits per heavy atom. The molecule has 1 saturated heterocycles. The quantitative estimate of drug-likeness (QED) is 0.736. The molecule has 6 nitrogen and oxygen atoms in total. The normalized spacial score (nSPS) is 15.8. The Bertz CT molecular complexity index is 785. The molecule has 0 spiro atoms. The van der Waals surface area contributed by atoms with Gasteiger partial charge in [-0.25, -0.2) is 8.42 Å². The van der Waals surface area contributed by atoms with Gasteiger partial charge in [0.1, 0.15) is 0 Å². The maximum Gasteiger partial charge on any atom is 0.261 e. The molecule has 1 heterocycles. The number of nitrogen functional groups attached to an aromatic ring is 1. The molecule has 0 aliphatic carbocycles. The lowest BCUT2D eigenvalue weighted by Crippen LogP contribution is -2.28. The van der Waals surface area contributed by atoms with E-state index in [0.29, 0.717) is 11.4 Å². The molecule has 0 bridgehead atoms. The van der Waals surface area contributed by atoms with Crippen LogP contribution in [0.15, 0.2) is 53.4 Å². The average Bonchev–Trinajstić information content (AvgIpc) is 2.87. The number of nitrogens with one attached hydrogen (secondary N) is 2. The van der Waals surface area contributed by atoms with Crippen LogP contribution in [0.5, 0.6) is 0 Å². The van der Waals surface area contributed by atoms with Crippen LogP contribution >= 0.6 is 0 Å². The summed E-state index contributed by atoms with van der Waals surface area (Å²) in [6.07, 6.45) is 1.05. The molecule has 24 heavy (non-hydrogen) atoms. The van der Waals surface area contributed by atoms with Gasteiger partial charge in [0.05, 0.1) is 16.3 Å². The minimum absolute atomic E-state index is 0.216. The van der Waals surface area contributed by atoms with Gasteiger partial charge < -0.3 is 16.0 Å². The van der Waals surface area contributed by atoms with Crippen molar-refractivity contribution in [2.24, 2.45) is 0 Å². The van der Waals surface area contributed by atoms with E-state index in [1.807, 2.05) is 6.07 Å². The molecule has 2 aromatic carbocycles. The average molecular weight is 346 g/mol. The Morgan fingerprint density at radius 1 is 1.04 bits per heavy atom. The highest BCUT2D eigenvalue weighted by molar-refractivity contribution is 7.92. The van der Waals surface area contributed by atoms with Crippen LogP contribution in [0.2, 0.25) is 0 Å². The Balaban J connectivity index is 1.86. The first-order chi connectivity index (χ1) is 11.6. The highest BCUT2D eigenvalue weighted by atomic mass is 32.2. The largest absolute Gasteiger partial charge is 0.397 e.